The number of carbonyl (C=O) groups is 1. The molecule has 1 unspecified atom stereocenters. The second-order valence-electron chi connectivity index (χ2n) is 4.69. The molecular formula is C11H21N3O. The Bertz CT molecular complexity index is 220. The topological polar surface area (TPSA) is 44.4 Å². The van der Waals surface area contributed by atoms with Crippen LogP contribution in [-0.4, -0.2) is 43.2 Å². The maximum Gasteiger partial charge on any atom is 0.317 e. The van der Waals surface area contributed by atoms with Crippen LogP contribution in [-0.2, 0) is 0 Å². The number of amides is 2. The standard InChI is InChI=1S/C11H21N3O/c1-14(10-6-7-12-8-10)11(15)13-9-4-2-3-5-9/h9-10,12H,2-8H2,1H3,(H,13,15). The van der Waals surface area contributed by atoms with E-state index < -0.39 is 0 Å². The molecule has 0 aromatic rings. The molecule has 15 heavy (non-hydrogen) atoms. The molecular weight excluding hydrogens is 190 g/mol. The van der Waals surface area contributed by atoms with Gasteiger partial charge in [0.1, 0.15) is 0 Å². The van der Waals surface area contributed by atoms with Crippen molar-refractivity contribution in [3.63, 3.8) is 0 Å². The zero-order valence-electron chi connectivity index (χ0n) is 9.46. The summed E-state index contributed by atoms with van der Waals surface area (Å²) >= 11 is 0. The van der Waals surface area contributed by atoms with Gasteiger partial charge in [0.15, 0.2) is 0 Å². The van der Waals surface area contributed by atoms with Crippen LogP contribution >= 0.6 is 0 Å². The number of nitrogens with zero attached hydrogens (tertiary/aromatic N) is 1. The van der Waals surface area contributed by atoms with E-state index in [1.807, 2.05) is 11.9 Å². The largest absolute Gasteiger partial charge is 0.335 e. The number of rotatable bonds is 2. The Balaban J connectivity index is 1.78. The third-order valence-corrected chi connectivity index (χ3v) is 3.59. The quantitative estimate of drug-likeness (QED) is 0.713. The van der Waals surface area contributed by atoms with Crippen LogP contribution in [0.5, 0.6) is 0 Å². The summed E-state index contributed by atoms with van der Waals surface area (Å²) < 4.78 is 0. The highest BCUT2D eigenvalue weighted by Gasteiger charge is 2.25. The van der Waals surface area contributed by atoms with Gasteiger partial charge in [0.05, 0.1) is 0 Å². The molecule has 2 fully saturated rings. The van der Waals surface area contributed by atoms with Gasteiger partial charge in [-0.3, -0.25) is 0 Å². The Kier molecular flexibility index (Phi) is 3.46. The molecule has 0 radical (unpaired) electrons. The molecule has 1 aliphatic heterocycles. The minimum absolute atomic E-state index is 0.107. The molecule has 1 aliphatic carbocycles. The number of carbonyl (C=O) groups excluding carboxylic acids is 1. The molecule has 2 N–H and O–H groups in total. The molecule has 1 heterocycles. The van der Waals surface area contributed by atoms with E-state index in [0.29, 0.717) is 12.1 Å². The van der Waals surface area contributed by atoms with Crippen LogP contribution in [0.3, 0.4) is 0 Å². The van der Waals surface area contributed by atoms with Crippen molar-refractivity contribution in [1.29, 1.82) is 0 Å². The molecule has 1 saturated carbocycles. The Morgan fingerprint density at radius 3 is 2.67 bits per heavy atom. The van der Waals surface area contributed by atoms with Crippen molar-refractivity contribution in [3.05, 3.63) is 0 Å². The van der Waals surface area contributed by atoms with E-state index in [1.165, 1.54) is 12.8 Å². The molecule has 1 atom stereocenters. The van der Waals surface area contributed by atoms with Crippen LogP contribution in [0.1, 0.15) is 32.1 Å². The fraction of sp³-hybridized carbons (Fsp3) is 0.909. The summed E-state index contributed by atoms with van der Waals surface area (Å²) in [6.45, 7) is 1.97. The summed E-state index contributed by atoms with van der Waals surface area (Å²) in [5, 5.41) is 6.39. The second kappa shape index (κ2) is 4.84. The normalized spacial score (nSPS) is 26.9. The Morgan fingerprint density at radius 2 is 2.07 bits per heavy atom. The van der Waals surface area contributed by atoms with Crippen LogP contribution < -0.4 is 10.6 Å². The average Bonchev–Trinajstić information content (AvgIpc) is 2.88. The molecule has 2 aliphatic rings. The predicted octanol–water partition coefficient (Wildman–Crippen LogP) is 0.932. The van der Waals surface area contributed by atoms with Gasteiger partial charge < -0.3 is 15.5 Å². The number of likely N-dealkylation sites (N-methyl/N-ethyl adjacent to an activating group) is 1. The van der Waals surface area contributed by atoms with Gasteiger partial charge in [0.2, 0.25) is 0 Å². The number of hydrogen-bond acceptors (Lipinski definition) is 2. The first-order valence-corrected chi connectivity index (χ1v) is 6.01. The Labute approximate surface area is 91.4 Å². The third kappa shape index (κ3) is 2.62. The zero-order chi connectivity index (χ0) is 10.7. The summed E-state index contributed by atoms with van der Waals surface area (Å²) in [5.41, 5.74) is 0. The van der Waals surface area contributed by atoms with Crippen molar-refractivity contribution in [2.75, 3.05) is 20.1 Å². The van der Waals surface area contributed by atoms with E-state index in [9.17, 15) is 4.79 Å². The summed E-state index contributed by atoms with van der Waals surface area (Å²) in [5.74, 6) is 0. The molecule has 4 heteroatoms. The maximum atomic E-state index is 11.9. The van der Waals surface area contributed by atoms with Crippen molar-refractivity contribution in [2.24, 2.45) is 0 Å². The Hall–Kier alpha value is -0.770. The monoisotopic (exact) mass is 211 g/mol. The predicted molar refractivity (Wildman–Crippen MR) is 59.8 cm³/mol. The van der Waals surface area contributed by atoms with Crippen molar-refractivity contribution >= 4 is 6.03 Å². The minimum atomic E-state index is 0.107. The Morgan fingerprint density at radius 1 is 1.33 bits per heavy atom. The summed E-state index contributed by atoms with van der Waals surface area (Å²) in [6, 6.07) is 0.913. The fourth-order valence-corrected chi connectivity index (χ4v) is 2.48. The molecule has 1 saturated heterocycles. The van der Waals surface area contributed by atoms with Gasteiger partial charge >= 0.3 is 6.03 Å². The molecule has 0 bridgehead atoms. The number of urea groups is 1. The highest BCUT2D eigenvalue weighted by atomic mass is 16.2. The molecule has 4 nitrogen and oxygen atoms in total. The van der Waals surface area contributed by atoms with Crippen LogP contribution in [0.15, 0.2) is 0 Å². The van der Waals surface area contributed by atoms with Gasteiger partial charge in [0, 0.05) is 25.7 Å². The van der Waals surface area contributed by atoms with Gasteiger partial charge in [0.25, 0.3) is 0 Å². The van der Waals surface area contributed by atoms with E-state index in [0.717, 1.165) is 32.4 Å². The van der Waals surface area contributed by atoms with Gasteiger partial charge in [-0.05, 0) is 25.8 Å². The van der Waals surface area contributed by atoms with Gasteiger partial charge in [-0.1, -0.05) is 12.8 Å². The lowest BCUT2D eigenvalue weighted by atomic mass is 10.2. The fourth-order valence-electron chi connectivity index (χ4n) is 2.48. The molecule has 0 spiro atoms. The van der Waals surface area contributed by atoms with Crippen molar-refractivity contribution < 1.29 is 4.79 Å². The first-order valence-electron chi connectivity index (χ1n) is 6.01. The van der Waals surface area contributed by atoms with Crippen molar-refractivity contribution in [1.82, 2.24) is 15.5 Å². The van der Waals surface area contributed by atoms with E-state index >= 15 is 0 Å². The first-order chi connectivity index (χ1) is 7.27. The molecule has 0 aromatic carbocycles. The molecule has 86 valence electrons. The van der Waals surface area contributed by atoms with Gasteiger partial charge in [-0.25, -0.2) is 4.79 Å². The molecule has 0 aromatic heterocycles. The SMILES string of the molecule is CN(C(=O)NC1CCCC1)C1CCNC1. The number of hydrogen-bond donors (Lipinski definition) is 2. The molecule has 2 rings (SSSR count). The van der Waals surface area contributed by atoms with E-state index in [2.05, 4.69) is 10.6 Å². The first kappa shape index (κ1) is 10.7. The van der Waals surface area contributed by atoms with E-state index in [1.54, 1.807) is 0 Å². The highest BCUT2D eigenvalue weighted by molar-refractivity contribution is 5.74. The van der Waals surface area contributed by atoms with E-state index in [-0.39, 0.29) is 6.03 Å². The van der Waals surface area contributed by atoms with Crippen LogP contribution in [0.25, 0.3) is 0 Å². The summed E-state index contributed by atoms with van der Waals surface area (Å²) in [4.78, 5) is 13.7. The summed E-state index contributed by atoms with van der Waals surface area (Å²) in [7, 11) is 1.90. The van der Waals surface area contributed by atoms with E-state index in [4.69, 9.17) is 0 Å². The van der Waals surface area contributed by atoms with Gasteiger partial charge in [-0.15, -0.1) is 0 Å². The minimum Gasteiger partial charge on any atom is -0.335 e. The average molecular weight is 211 g/mol. The maximum absolute atomic E-state index is 11.9. The van der Waals surface area contributed by atoms with Crippen LogP contribution in [0.4, 0.5) is 4.79 Å². The van der Waals surface area contributed by atoms with Crippen molar-refractivity contribution in [2.45, 2.75) is 44.2 Å². The second-order valence-corrected chi connectivity index (χ2v) is 4.69. The lowest BCUT2D eigenvalue weighted by Gasteiger charge is -2.25. The third-order valence-electron chi connectivity index (χ3n) is 3.59. The number of nitrogens with one attached hydrogen (secondary N) is 2. The zero-order valence-corrected chi connectivity index (χ0v) is 9.46. The summed E-state index contributed by atoms with van der Waals surface area (Å²) in [6.07, 6.45) is 5.92. The van der Waals surface area contributed by atoms with Crippen LogP contribution in [0, 0.1) is 0 Å². The smallest absolute Gasteiger partial charge is 0.317 e. The lowest BCUT2D eigenvalue weighted by Crippen LogP contribution is -2.47. The van der Waals surface area contributed by atoms with Gasteiger partial charge in [-0.2, -0.15) is 0 Å². The highest BCUT2D eigenvalue weighted by Crippen LogP contribution is 2.18. The molecule has 2 amide bonds. The van der Waals surface area contributed by atoms with Crippen LogP contribution in [0.2, 0.25) is 0 Å². The lowest BCUT2D eigenvalue weighted by molar-refractivity contribution is 0.190. The van der Waals surface area contributed by atoms with Crippen molar-refractivity contribution in [3.8, 4) is 0 Å².